The van der Waals surface area contributed by atoms with Crippen molar-refractivity contribution in [3.8, 4) is 5.75 Å². The Labute approximate surface area is 211 Å². The summed E-state index contributed by atoms with van der Waals surface area (Å²) in [6.45, 7) is 2.87. The summed E-state index contributed by atoms with van der Waals surface area (Å²) < 4.78 is 11.2. The number of carbonyl (C=O) groups is 2. The zero-order valence-electron chi connectivity index (χ0n) is 20.9. The van der Waals surface area contributed by atoms with Crippen LogP contribution in [0.2, 0.25) is 0 Å². The van der Waals surface area contributed by atoms with Crippen LogP contribution in [0.15, 0.2) is 76.9 Å². The molecule has 1 aliphatic rings. The van der Waals surface area contributed by atoms with Gasteiger partial charge >= 0.3 is 0 Å². The first-order valence-electron chi connectivity index (χ1n) is 12.2. The lowest BCUT2D eigenvalue weighted by Crippen LogP contribution is -2.29. The molecular formula is C29H32N2O5. The van der Waals surface area contributed by atoms with Gasteiger partial charge in [-0.15, -0.1) is 0 Å². The standard InChI is InChI=1S/C29H32N2O5/c1-4-5-6-17-35-23-15-11-21(12-16-23)27(32)25-26(20-9-13-22(14-10-20)30(2)3)31(29(34)28(25)33)19-24-8-7-18-36-24/h7-16,18,26,32H,4-6,17,19H2,1-3H3/b27-25-. The number of furan rings is 1. The van der Waals surface area contributed by atoms with Crippen LogP contribution in [0.3, 0.4) is 0 Å². The molecule has 0 aliphatic carbocycles. The fourth-order valence-electron chi connectivity index (χ4n) is 4.32. The van der Waals surface area contributed by atoms with E-state index >= 15 is 0 Å². The second-order valence-corrected chi connectivity index (χ2v) is 9.07. The van der Waals surface area contributed by atoms with Crippen molar-refractivity contribution >= 4 is 23.1 Å². The van der Waals surface area contributed by atoms with Crippen LogP contribution in [-0.2, 0) is 16.1 Å². The monoisotopic (exact) mass is 488 g/mol. The van der Waals surface area contributed by atoms with Crippen LogP contribution in [0, 0.1) is 0 Å². The number of likely N-dealkylation sites (tertiary alicyclic amines) is 1. The van der Waals surface area contributed by atoms with Gasteiger partial charge in [0.2, 0.25) is 0 Å². The first-order chi connectivity index (χ1) is 17.4. The smallest absolute Gasteiger partial charge is 0.296 e. The Morgan fingerprint density at radius 1 is 1.03 bits per heavy atom. The number of nitrogens with zero attached hydrogens (tertiary/aromatic N) is 2. The Morgan fingerprint density at radius 2 is 1.75 bits per heavy atom. The molecule has 1 saturated heterocycles. The number of benzene rings is 2. The van der Waals surface area contributed by atoms with E-state index in [2.05, 4.69) is 6.92 Å². The van der Waals surface area contributed by atoms with Gasteiger partial charge in [-0.25, -0.2) is 0 Å². The predicted molar refractivity (Wildman–Crippen MR) is 139 cm³/mol. The van der Waals surface area contributed by atoms with Crippen LogP contribution in [-0.4, -0.2) is 42.4 Å². The first-order valence-corrected chi connectivity index (χ1v) is 12.2. The molecule has 1 aromatic heterocycles. The number of amides is 1. The molecule has 0 bridgehead atoms. The number of Topliss-reactive ketones (excluding diaryl/α,β-unsaturated/α-hetero) is 1. The third-order valence-electron chi connectivity index (χ3n) is 6.32. The van der Waals surface area contributed by atoms with Gasteiger partial charge in [-0.3, -0.25) is 9.59 Å². The van der Waals surface area contributed by atoms with Gasteiger partial charge in [-0.2, -0.15) is 0 Å². The van der Waals surface area contributed by atoms with Gasteiger partial charge in [-0.05, 0) is 60.5 Å². The van der Waals surface area contributed by atoms with E-state index in [9.17, 15) is 14.7 Å². The van der Waals surface area contributed by atoms with Crippen molar-refractivity contribution in [1.29, 1.82) is 0 Å². The molecule has 2 heterocycles. The van der Waals surface area contributed by atoms with E-state index in [1.807, 2.05) is 43.3 Å². The van der Waals surface area contributed by atoms with Crippen LogP contribution >= 0.6 is 0 Å². The minimum atomic E-state index is -0.753. The van der Waals surface area contributed by atoms with E-state index in [0.717, 1.165) is 30.5 Å². The second-order valence-electron chi connectivity index (χ2n) is 9.07. The van der Waals surface area contributed by atoms with Gasteiger partial charge in [0.05, 0.1) is 31.0 Å². The Morgan fingerprint density at radius 3 is 2.36 bits per heavy atom. The lowest BCUT2D eigenvalue weighted by Gasteiger charge is -2.25. The molecule has 3 aromatic rings. The number of unbranched alkanes of at least 4 members (excludes halogenated alkanes) is 2. The first kappa shape index (κ1) is 25.1. The van der Waals surface area contributed by atoms with Gasteiger partial charge in [0.15, 0.2) is 0 Å². The van der Waals surface area contributed by atoms with Crippen LogP contribution in [0.1, 0.15) is 49.1 Å². The van der Waals surface area contributed by atoms with E-state index < -0.39 is 17.7 Å². The molecule has 188 valence electrons. The highest BCUT2D eigenvalue weighted by atomic mass is 16.5. The molecule has 1 fully saturated rings. The summed E-state index contributed by atoms with van der Waals surface area (Å²) in [6, 6.07) is 17.3. The maximum atomic E-state index is 13.2. The molecule has 1 aliphatic heterocycles. The molecule has 1 unspecified atom stereocenters. The molecule has 1 amide bonds. The highest BCUT2D eigenvalue weighted by molar-refractivity contribution is 6.46. The Hall–Kier alpha value is -4.00. The average molecular weight is 489 g/mol. The van der Waals surface area contributed by atoms with Crippen LogP contribution in [0.25, 0.3) is 5.76 Å². The number of aliphatic hydroxyl groups excluding tert-OH is 1. The number of carbonyl (C=O) groups excluding carboxylic acids is 2. The van der Waals surface area contributed by atoms with Crippen molar-refractivity contribution in [2.24, 2.45) is 0 Å². The Bertz CT molecular complexity index is 1210. The molecule has 2 aromatic carbocycles. The maximum Gasteiger partial charge on any atom is 0.296 e. The van der Waals surface area contributed by atoms with Gasteiger partial charge in [-0.1, -0.05) is 31.9 Å². The second kappa shape index (κ2) is 11.2. The third-order valence-corrected chi connectivity index (χ3v) is 6.32. The third kappa shape index (κ3) is 5.30. The SMILES string of the molecule is CCCCCOc1ccc(/C(O)=C2/C(=O)C(=O)N(Cc3ccco3)C2c2ccc(N(C)C)cc2)cc1. The number of ketones is 1. The van der Waals surface area contributed by atoms with Gasteiger partial charge < -0.3 is 24.1 Å². The van der Waals surface area contributed by atoms with E-state index in [1.54, 1.807) is 36.4 Å². The highest BCUT2D eigenvalue weighted by Gasteiger charge is 2.46. The Balaban J connectivity index is 1.70. The molecule has 36 heavy (non-hydrogen) atoms. The lowest BCUT2D eigenvalue weighted by molar-refractivity contribution is -0.140. The molecule has 0 radical (unpaired) electrons. The van der Waals surface area contributed by atoms with Gasteiger partial charge in [0.1, 0.15) is 17.3 Å². The maximum absolute atomic E-state index is 13.2. The quantitative estimate of drug-likeness (QED) is 0.175. The minimum Gasteiger partial charge on any atom is -0.507 e. The summed E-state index contributed by atoms with van der Waals surface area (Å²) in [5, 5.41) is 11.3. The molecule has 1 atom stereocenters. The number of anilines is 1. The number of hydrogen-bond acceptors (Lipinski definition) is 6. The number of aliphatic hydroxyl groups is 1. The number of rotatable bonds is 10. The number of ether oxygens (including phenoxy) is 1. The van der Waals surface area contributed by atoms with Crippen LogP contribution in [0.4, 0.5) is 5.69 Å². The fraction of sp³-hybridized carbons (Fsp3) is 0.310. The van der Waals surface area contributed by atoms with Gasteiger partial charge in [0.25, 0.3) is 11.7 Å². The van der Waals surface area contributed by atoms with Crippen LogP contribution in [0.5, 0.6) is 5.75 Å². The minimum absolute atomic E-state index is 0.0563. The lowest BCUT2D eigenvalue weighted by atomic mass is 9.95. The molecule has 7 heteroatoms. The molecular weight excluding hydrogens is 456 g/mol. The summed E-state index contributed by atoms with van der Waals surface area (Å²) in [5.41, 5.74) is 2.21. The topological polar surface area (TPSA) is 83.2 Å². The zero-order chi connectivity index (χ0) is 25.7. The zero-order valence-corrected chi connectivity index (χ0v) is 20.9. The summed E-state index contributed by atoms with van der Waals surface area (Å²) in [6.07, 6.45) is 4.72. The van der Waals surface area contributed by atoms with Gasteiger partial charge in [0, 0.05) is 25.3 Å². The van der Waals surface area contributed by atoms with Crippen molar-refractivity contribution in [3.05, 3.63) is 89.4 Å². The normalized spacial score (nSPS) is 17.0. The fourth-order valence-corrected chi connectivity index (χ4v) is 4.32. The summed E-state index contributed by atoms with van der Waals surface area (Å²) >= 11 is 0. The predicted octanol–water partition coefficient (Wildman–Crippen LogP) is 5.54. The largest absolute Gasteiger partial charge is 0.507 e. The van der Waals surface area contributed by atoms with E-state index in [4.69, 9.17) is 9.15 Å². The van der Waals surface area contributed by atoms with Crippen molar-refractivity contribution < 1.29 is 23.8 Å². The molecule has 0 spiro atoms. The molecule has 7 nitrogen and oxygen atoms in total. The number of hydrogen-bond donors (Lipinski definition) is 1. The highest BCUT2D eigenvalue weighted by Crippen LogP contribution is 2.40. The molecule has 4 rings (SSSR count). The average Bonchev–Trinajstić information content (AvgIpc) is 3.49. The van der Waals surface area contributed by atoms with E-state index in [1.165, 1.54) is 11.2 Å². The van der Waals surface area contributed by atoms with Crippen molar-refractivity contribution in [3.63, 3.8) is 0 Å². The van der Waals surface area contributed by atoms with Crippen molar-refractivity contribution in [2.45, 2.75) is 38.8 Å². The van der Waals surface area contributed by atoms with E-state index in [0.29, 0.717) is 23.7 Å². The molecule has 1 N–H and O–H groups in total. The van der Waals surface area contributed by atoms with E-state index in [-0.39, 0.29) is 17.9 Å². The van der Waals surface area contributed by atoms with Crippen molar-refractivity contribution in [2.75, 3.05) is 25.6 Å². The Kier molecular flexibility index (Phi) is 7.78. The summed E-state index contributed by atoms with van der Waals surface area (Å²) in [5.74, 6) is -0.367. The summed E-state index contributed by atoms with van der Waals surface area (Å²) in [4.78, 5) is 29.8. The molecule has 0 saturated carbocycles. The van der Waals surface area contributed by atoms with Crippen LogP contribution < -0.4 is 9.64 Å². The summed E-state index contributed by atoms with van der Waals surface area (Å²) in [7, 11) is 3.88. The van der Waals surface area contributed by atoms with Crippen molar-refractivity contribution in [1.82, 2.24) is 4.90 Å².